The number of hydrogen-bond donors (Lipinski definition) is 2. The molecule has 1 aromatic heterocycles. The second-order valence-electron chi connectivity index (χ2n) is 5.89. The maximum absolute atomic E-state index is 12.2. The summed E-state index contributed by atoms with van der Waals surface area (Å²) >= 11 is 0. The zero-order valence-electron chi connectivity index (χ0n) is 13.2. The van der Waals surface area contributed by atoms with Crippen LogP contribution in [0.2, 0.25) is 0 Å². The molecule has 2 N–H and O–H groups in total. The Morgan fingerprint density at radius 3 is 2.90 bits per heavy atom. The number of likely N-dealkylation sites (N-methyl/N-ethyl adjacent to an activating group) is 1. The Bertz CT molecular complexity index is 471. The quantitative estimate of drug-likeness (QED) is 0.857. The molecule has 0 radical (unpaired) electrons. The zero-order valence-corrected chi connectivity index (χ0v) is 13.2. The fourth-order valence-corrected chi connectivity index (χ4v) is 2.91. The Morgan fingerprint density at radius 2 is 2.24 bits per heavy atom. The summed E-state index contributed by atoms with van der Waals surface area (Å²) in [6.07, 6.45) is 3.99. The molecule has 2 rings (SSSR count). The van der Waals surface area contributed by atoms with Crippen LogP contribution in [0.25, 0.3) is 0 Å². The third kappa shape index (κ3) is 4.51. The van der Waals surface area contributed by atoms with Crippen LogP contribution in [-0.2, 0) is 4.79 Å². The minimum absolute atomic E-state index is 0.0554. The van der Waals surface area contributed by atoms with Crippen LogP contribution < -0.4 is 10.6 Å². The first kappa shape index (κ1) is 15.9. The highest BCUT2D eigenvalue weighted by Gasteiger charge is 2.20. The molecule has 2 heterocycles. The number of piperidine rings is 1. The van der Waals surface area contributed by atoms with Crippen LogP contribution in [0, 0.1) is 6.92 Å². The van der Waals surface area contributed by atoms with Crippen LogP contribution in [0.5, 0.6) is 0 Å². The van der Waals surface area contributed by atoms with E-state index >= 15 is 0 Å². The van der Waals surface area contributed by atoms with Crippen LogP contribution in [0.1, 0.15) is 37.1 Å². The van der Waals surface area contributed by atoms with E-state index in [1.165, 1.54) is 0 Å². The van der Waals surface area contributed by atoms with E-state index < -0.39 is 0 Å². The predicted octanol–water partition coefficient (Wildman–Crippen LogP) is 1.25. The lowest BCUT2D eigenvalue weighted by Crippen LogP contribution is -2.45. The van der Waals surface area contributed by atoms with Crippen molar-refractivity contribution in [3.05, 3.63) is 29.6 Å². The summed E-state index contributed by atoms with van der Waals surface area (Å²) in [6, 6.07) is 4.38. The van der Waals surface area contributed by atoms with E-state index in [-0.39, 0.29) is 11.9 Å². The van der Waals surface area contributed by atoms with Gasteiger partial charge in [-0.1, -0.05) is 6.07 Å². The molecule has 0 aromatic carbocycles. The third-order valence-corrected chi connectivity index (χ3v) is 4.16. The number of nitrogens with zero attached hydrogens (tertiary/aromatic N) is 2. The normalized spacial score (nSPS) is 17.7. The minimum Gasteiger partial charge on any atom is -0.347 e. The Kier molecular flexibility index (Phi) is 5.70. The van der Waals surface area contributed by atoms with Crippen LogP contribution in [0.4, 0.5) is 0 Å². The van der Waals surface area contributed by atoms with Gasteiger partial charge in [0.2, 0.25) is 5.91 Å². The summed E-state index contributed by atoms with van der Waals surface area (Å²) in [4.78, 5) is 18.7. The Morgan fingerprint density at radius 1 is 1.52 bits per heavy atom. The molecule has 0 unspecified atom stereocenters. The molecular weight excluding hydrogens is 264 g/mol. The molecule has 1 amide bonds. The van der Waals surface area contributed by atoms with Gasteiger partial charge in [0.05, 0.1) is 18.3 Å². The Balaban J connectivity index is 1.85. The lowest BCUT2D eigenvalue weighted by molar-refractivity contribution is -0.123. The fourth-order valence-electron chi connectivity index (χ4n) is 2.91. The Hall–Kier alpha value is -1.46. The molecule has 1 atom stereocenters. The minimum atomic E-state index is -0.0554. The molecule has 1 aliphatic heterocycles. The number of rotatable bonds is 5. The molecule has 0 bridgehead atoms. The summed E-state index contributed by atoms with van der Waals surface area (Å²) in [5.74, 6) is 0.0635. The van der Waals surface area contributed by atoms with Crippen molar-refractivity contribution in [2.75, 3.05) is 26.7 Å². The molecule has 1 saturated heterocycles. The first-order chi connectivity index (χ1) is 10.1. The maximum Gasteiger partial charge on any atom is 0.234 e. The molecular formula is C16H26N4O. The molecule has 5 nitrogen and oxygen atoms in total. The highest BCUT2D eigenvalue weighted by molar-refractivity contribution is 5.78. The number of nitrogens with one attached hydrogen (secondary N) is 2. The Labute approximate surface area is 127 Å². The molecule has 5 heteroatoms. The van der Waals surface area contributed by atoms with E-state index in [2.05, 4.69) is 20.5 Å². The van der Waals surface area contributed by atoms with Crippen molar-refractivity contribution in [1.82, 2.24) is 20.5 Å². The molecule has 0 spiro atoms. The number of amides is 1. The number of aryl methyl sites for hydroxylation is 1. The SMILES string of the molecule is Cc1cccnc1[C@@H](C)NC(=O)CN(C)C1CCNCC1. The van der Waals surface area contributed by atoms with E-state index in [1.54, 1.807) is 6.20 Å². The summed E-state index contributed by atoms with van der Waals surface area (Å²) in [6.45, 7) is 6.53. The predicted molar refractivity (Wildman–Crippen MR) is 84.1 cm³/mol. The van der Waals surface area contributed by atoms with Gasteiger partial charge in [0, 0.05) is 12.2 Å². The standard InChI is InChI=1S/C16H26N4O/c1-12-5-4-8-18-16(12)13(2)19-15(21)11-20(3)14-6-9-17-10-7-14/h4-5,8,13-14,17H,6-7,9-11H2,1-3H3,(H,19,21)/t13-/m1/s1. The monoisotopic (exact) mass is 290 g/mol. The highest BCUT2D eigenvalue weighted by atomic mass is 16.2. The van der Waals surface area contributed by atoms with Crippen molar-refractivity contribution < 1.29 is 4.79 Å². The molecule has 1 aromatic rings. The zero-order chi connectivity index (χ0) is 15.2. The van der Waals surface area contributed by atoms with Gasteiger partial charge in [-0.3, -0.25) is 14.7 Å². The second kappa shape index (κ2) is 7.52. The second-order valence-corrected chi connectivity index (χ2v) is 5.89. The van der Waals surface area contributed by atoms with Crippen LogP contribution in [-0.4, -0.2) is 48.5 Å². The lowest BCUT2D eigenvalue weighted by Gasteiger charge is -2.31. The molecule has 116 valence electrons. The topological polar surface area (TPSA) is 57.3 Å². The van der Waals surface area contributed by atoms with Gasteiger partial charge in [-0.15, -0.1) is 0 Å². The van der Waals surface area contributed by atoms with Gasteiger partial charge in [-0.25, -0.2) is 0 Å². The van der Waals surface area contributed by atoms with Gasteiger partial charge in [0.1, 0.15) is 0 Å². The van der Waals surface area contributed by atoms with Crippen LogP contribution in [0.15, 0.2) is 18.3 Å². The van der Waals surface area contributed by atoms with Crippen molar-refractivity contribution >= 4 is 5.91 Å². The average molecular weight is 290 g/mol. The summed E-state index contributed by atoms with van der Waals surface area (Å²) < 4.78 is 0. The molecule has 0 saturated carbocycles. The molecule has 1 fully saturated rings. The number of carbonyl (C=O) groups excluding carboxylic acids is 1. The van der Waals surface area contributed by atoms with E-state index in [1.807, 2.05) is 33.0 Å². The van der Waals surface area contributed by atoms with Crippen molar-refractivity contribution in [2.24, 2.45) is 0 Å². The van der Waals surface area contributed by atoms with E-state index in [4.69, 9.17) is 0 Å². The van der Waals surface area contributed by atoms with Gasteiger partial charge in [0.25, 0.3) is 0 Å². The summed E-state index contributed by atoms with van der Waals surface area (Å²) in [5, 5.41) is 6.40. The number of aromatic nitrogens is 1. The summed E-state index contributed by atoms with van der Waals surface area (Å²) in [7, 11) is 2.03. The van der Waals surface area contributed by atoms with E-state index in [0.29, 0.717) is 12.6 Å². The summed E-state index contributed by atoms with van der Waals surface area (Å²) in [5.41, 5.74) is 2.05. The van der Waals surface area contributed by atoms with Gasteiger partial charge in [-0.05, 0) is 58.5 Å². The largest absolute Gasteiger partial charge is 0.347 e. The maximum atomic E-state index is 12.2. The molecule has 0 aliphatic carbocycles. The first-order valence-electron chi connectivity index (χ1n) is 7.69. The van der Waals surface area contributed by atoms with Gasteiger partial charge in [-0.2, -0.15) is 0 Å². The highest BCUT2D eigenvalue weighted by Crippen LogP contribution is 2.14. The van der Waals surface area contributed by atoms with E-state index in [9.17, 15) is 4.79 Å². The van der Waals surface area contributed by atoms with Gasteiger partial charge < -0.3 is 10.6 Å². The van der Waals surface area contributed by atoms with Crippen molar-refractivity contribution in [3.63, 3.8) is 0 Å². The first-order valence-corrected chi connectivity index (χ1v) is 7.69. The van der Waals surface area contributed by atoms with Gasteiger partial charge >= 0.3 is 0 Å². The van der Waals surface area contributed by atoms with Crippen LogP contribution >= 0.6 is 0 Å². The van der Waals surface area contributed by atoms with E-state index in [0.717, 1.165) is 37.2 Å². The fraction of sp³-hybridized carbons (Fsp3) is 0.625. The number of pyridine rings is 1. The van der Waals surface area contributed by atoms with Crippen molar-refractivity contribution in [1.29, 1.82) is 0 Å². The van der Waals surface area contributed by atoms with Gasteiger partial charge in [0.15, 0.2) is 0 Å². The molecule has 1 aliphatic rings. The number of hydrogen-bond acceptors (Lipinski definition) is 4. The lowest BCUT2D eigenvalue weighted by atomic mass is 10.1. The average Bonchev–Trinajstić information content (AvgIpc) is 2.48. The number of carbonyl (C=O) groups is 1. The van der Waals surface area contributed by atoms with Crippen molar-refractivity contribution in [2.45, 2.75) is 38.8 Å². The smallest absolute Gasteiger partial charge is 0.234 e. The van der Waals surface area contributed by atoms with Crippen LogP contribution in [0.3, 0.4) is 0 Å². The van der Waals surface area contributed by atoms with Crippen molar-refractivity contribution in [3.8, 4) is 0 Å². The molecule has 21 heavy (non-hydrogen) atoms. The third-order valence-electron chi connectivity index (χ3n) is 4.16.